The van der Waals surface area contributed by atoms with Crippen molar-refractivity contribution in [2.75, 3.05) is 0 Å². The number of hydrogen-bond donors (Lipinski definition) is 1. The molecule has 0 aliphatic heterocycles. The Hall–Kier alpha value is -3.47. The molecule has 2 aliphatic rings. The summed E-state index contributed by atoms with van der Waals surface area (Å²) < 4.78 is 12.8. The van der Waals surface area contributed by atoms with Gasteiger partial charge in [0.05, 0.1) is 29.3 Å². The van der Waals surface area contributed by atoms with E-state index < -0.39 is 11.3 Å². The van der Waals surface area contributed by atoms with Crippen LogP contribution in [-0.4, -0.2) is 0 Å². The number of hydrogen-bond acceptors (Lipinski definition) is 6. The number of nitrogens with zero attached hydrogens (tertiary/aromatic N) is 3. The summed E-state index contributed by atoms with van der Waals surface area (Å²) in [5.74, 6) is 1.02. The van der Waals surface area contributed by atoms with Crippen molar-refractivity contribution in [2.45, 2.75) is 31.8 Å². The van der Waals surface area contributed by atoms with Gasteiger partial charge in [0.1, 0.15) is 29.9 Å². The third kappa shape index (κ3) is 3.50. The van der Waals surface area contributed by atoms with Gasteiger partial charge < -0.3 is 14.9 Å². The van der Waals surface area contributed by atoms with Gasteiger partial charge in [-0.1, -0.05) is 22.0 Å². The third-order valence-corrected chi connectivity index (χ3v) is 6.51. The quantitative estimate of drug-likeness (QED) is 0.648. The van der Waals surface area contributed by atoms with Crippen molar-refractivity contribution in [3.8, 4) is 24.0 Å². The molecule has 2 unspecified atom stereocenters. The van der Waals surface area contributed by atoms with E-state index in [1.165, 1.54) is 0 Å². The van der Waals surface area contributed by atoms with E-state index in [2.05, 4.69) is 34.1 Å². The average molecular weight is 475 g/mol. The van der Waals surface area contributed by atoms with Crippen LogP contribution in [0.3, 0.4) is 0 Å². The minimum absolute atomic E-state index is 0.0125. The fraction of sp³-hybridized carbons (Fsp3) is 0.292. The van der Waals surface area contributed by atoms with E-state index in [9.17, 15) is 15.8 Å². The molecule has 7 heteroatoms. The number of benzene rings is 1. The smallest absolute Gasteiger partial charge is 0.194 e. The van der Waals surface area contributed by atoms with Crippen LogP contribution in [0.5, 0.6) is 5.75 Å². The van der Waals surface area contributed by atoms with E-state index >= 15 is 0 Å². The van der Waals surface area contributed by atoms with Gasteiger partial charge in [-0.2, -0.15) is 15.8 Å². The number of rotatable bonds is 4. The Labute approximate surface area is 188 Å². The van der Waals surface area contributed by atoms with Crippen molar-refractivity contribution in [3.63, 3.8) is 0 Å². The van der Waals surface area contributed by atoms with Crippen LogP contribution in [0, 0.1) is 45.3 Å². The highest BCUT2D eigenvalue weighted by Crippen LogP contribution is 2.55. The molecule has 1 heterocycles. The van der Waals surface area contributed by atoms with Crippen molar-refractivity contribution in [1.82, 2.24) is 0 Å². The number of halogens is 1. The first-order valence-corrected chi connectivity index (χ1v) is 10.7. The molecule has 31 heavy (non-hydrogen) atoms. The van der Waals surface area contributed by atoms with Gasteiger partial charge >= 0.3 is 0 Å². The lowest BCUT2D eigenvalue weighted by molar-refractivity contribution is 0.238. The van der Waals surface area contributed by atoms with Gasteiger partial charge in [-0.05, 0) is 67.2 Å². The molecule has 0 saturated heterocycles. The summed E-state index contributed by atoms with van der Waals surface area (Å²) in [6, 6.07) is 17.4. The highest BCUT2D eigenvalue weighted by atomic mass is 79.9. The van der Waals surface area contributed by atoms with Crippen LogP contribution in [0.2, 0.25) is 0 Å². The molecule has 0 radical (unpaired) electrons. The molecule has 2 aromatic rings. The van der Waals surface area contributed by atoms with Gasteiger partial charge in [-0.15, -0.1) is 0 Å². The van der Waals surface area contributed by atoms with Gasteiger partial charge in [-0.3, -0.25) is 0 Å². The van der Waals surface area contributed by atoms with Crippen molar-refractivity contribution < 1.29 is 9.15 Å². The van der Waals surface area contributed by atoms with Crippen molar-refractivity contribution >= 4 is 15.9 Å². The van der Waals surface area contributed by atoms with Crippen LogP contribution in [0.25, 0.3) is 0 Å². The number of furan rings is 1. The van der Waals surface area contributed by atoms with E-state index in [1.807, 2.05) is 30.3 Å². The van der Waals surface area contributed by atoms with Crippen LogP contribution < -0.4 is 10.5 Å². The minimum atomic E-state index is -1.66. The van der Waals surface area contributed by atoms with Gasteiger partial charge in [0.15, 0.2) is 5.41 Å². The first-order valence-electron chi connectivity index (χ1n) is 9.94. The first kappa shape index (κ1) is 20.8. The molecule has 1 aromatic heterocycles. The number of nitrogens with two attached hydrogens (primary N) is 1. The van der Waals surface area contributed by atoms with Crippen LogP contribution >= 0.6 is 15.9 Å². The molecule has 0 amide bonds. The maximum atomic E-state index is 10.0. The van der Waals surface area contributed by atoms with Crippen molar-refractivity contribution in [2.24, 2.45) is 17.1 Å². The fourth-order valence-electron chi connectivity index (χ4n) is 4.50. The lowest BCUT2D eigenvalue weighted by Gasteiger charge is -2.42. The minimum Gasteiger partial charge on any atom is -0.486 e. The molecule has 1 aromatic carbocycles. The first-order chi connectivity index (χ1) is 15.0. The molecule has 4 rings (SSSR count). The summed E-state index contributed by atoms with van der Waals surface area (Å²) in [5, 5.41) is 29.8. The third-order valence-electron chi connectivity index (χ3n) is 5.98. The molecule has 0 saturated carbocycles. The second kappa shape index (κ2) is 8.34. The lowest BCUT2D eigenvalue weighted by atomic mass is 9.58. The van der Waals surface area contributed by atoms with Gasteiger partial charge in [0.25, 0.3) is 0 Å². The molecule has 2 aliphatic carbocycles. The molecule has 2 N–H and O–H groups in total. The molecular formula is C24H19BrN4O2. The van der Waals surface area contributed by atoms with Crippen LogP contribution in [-0.2, 0) is 6.61 Å². The maximum Gasteiger partial charge on any atom is 0.194 e. The standard InChI is InChI=1S/C24H19BrN4O2/c25-15-5-7-16(8-6-15)30-12-17-9-10-21(31-17)22-19-4-2-1-3-18(19)20(11-26)23(29)24(22,13-27)14-28/h3,5-10,19,22H,1-2,4,12,29H2. The summed E-state index contributed by atoms with van der Waals surface area (Å²) >= 11 is 3.39. The maximum absolute atomic E-state index is 10.0. The van der Waals surface area contributed by atoms with Crippen molar-refractivity contribution in [3.05, 3.63) is 75.3 Å². The number of nitriles is 3. The van der Waals surface area contributed by atoms with Crippen LogP contribution in [0.4, 0.5) is 0 Å². The van der Waals surface area contributed by atoms with Gasteiger partial charge in [0, 0.05) is 4.47 Å². The lowest BCUT2D eigenvalue weighted by Crippen LogP contribution is -2.42. The highest BCUT2D eigenvalue weighted by Gasteiger charge is 2.55. The second-order valence-electron chi connectivity index (χ2n) is 7.65. The SMILES string of the molecule is N#CC1=C(N)C(C#N)(C#N)C(c2ccc(COc3ccc(Br)cc3)o2)C2CCCC=C12. The Kier molecular flexibility index (Phi) is 5.59. The second-order valence-corrected chi connectivity index (χ2v) is 8.57. The topological polar surface area (TPSA) is 120 Å². The van der Waals surface area contributed by atoms with E-state index in [4.69, 9.17) is 14.9 Å². The van der Waals surface area contributed by atoms with E-state index in [0.29, 0.717) is 17.3 Å². The summed E-state index contributed by atoms with van der Waals surface area (Å²) in [6.45, 7) is 0.211. The number of fused-ring (bicyclic) bond motifs is 1. The molecule has 2 atom stereocenters. The monoisotopic (exact) mass is 474 g/mol. The highest BCUT2D eigenvalue weighted by molar-refractivity contribution is 9.10. The fourth-order valence-corrected chi connectivity index (χ4v) is 4.77. The Morgan fingerprint density at radius 2 is 1.87 bits per heavy atom. The molecular weight excluding hydrogens is 456 g/mol. The summed E-state index contributed by atoms with van der Waals surface area (Å²) in [4.78, 5) is 0. The Balaban J connectivity index is 1.70. The zero-order valence-corrected chi connectivity index (χ0v) is 18.2. The predicted molar refractivity (Wildman–Crippen MR) is 116 cm³/mol. The zero-order valence-electron chi connectivity index (χ0n) is 16.6. The van der Waals surface area contributed by atoms with E-state index in [1.54, 1.807) is 12.1 Å². The molecule has 6 nitrogen and oxygen atoms in total. The average Bonchev–Trinajstić information content (AvgIpc) is 3.26. The van der Waals surface area contributed by atoms with E-state index in [0.717, 1.165) is 29.3 Å². The molecule has 0 fully saturated rings. The predicted octanol–water partition coefficient (Wildman–Crippen LogP) is 5.21. The summed E-state index contributed by atoms with van der Waals surface area (Å²) in [5.41, 5.74) is 5.71. The summed E-state index contributed by atoms with van der Waals surface area (Å²) in [6.07, 6.45) is 4.52. The Bertz CT molecular complexity index is 1170. The summed E-state index contributed by atoms with van der Waals surface area (Å²) in [7, 11) is 0. The zero-order chi connectivity index (χ0) is 22.0. The largest absolute Gasteiger partial charge is 0.486 e. The van der Waals surface area contributed by atoms with Crippen LogP contribution in [0.1, 0.15) is 36.7 Å². The number of ether oxygens (including phenoxy) is 1. The molecule has 154 valence electrons. The van der Waals surface area contributed by atoms with E-state index in [-0.39, 0.29) is 23.8 Å². The normalized spacial score (nSPS) is 21.8. The number of allylic oxidation sites excluding steroid dienone is 4. The van der Waals surface area contributed by atoms with Gasteiger partial charge in [0.2, 0.25) is 0 Å². The van der Waals surface area contributed by atoms with Crippen LogP contribution in [0.15, 0.2) is 68.2 Å². The molecule has 0 spiro atoms. The Morgan fingerprint density at radius 3 is 2.55 bits per heavy atom. The van der Waals surface area contributed by atoms with Crippen molar-refractivity contribution in [1.29, 1.82) is 15.8 Å². The molecule has 0 bridgehead atoms. The Morgan fingerprint density at radius 1 is 1.13 bits per heavy atom. The van der Waals surface area contributed by atoms with Gasteiger partial charge in [-0.25, -0.2) is 0 Å².